The predicted octanol–water partition coefficient (Wildman–Crippen LogP) is -5.77. The number of carbonyl (C=O) groups excluding carboxylic acids is 4. The van der Waals surface area contributed by atoms with Gasteiger partial charge in [-0.25, -0.2) is 24.2 Å². The van der Waals surface area contributed by atoms with Crippen LogP contribution in [0, 0.1) is 10.8 Å². The molecule has 390 valence electrons. The lowest BCUT2D eigenvalue weighted by atomic mass is 9.92. The van der Waals surface area contributed by atoms with Crippen molar-refractivity contribution < 1.29 is 88.1 Å². The molecule has 1 aromatic carbocycles. The molecule has 0 saturated carbocycles. The van der Waals surface area contributed by atoms with Gasteiger partial charge in [0.1, 0.15) is 31.4 Å². The fourth-order valence-corrected chi connectivity index (χ4v) is 6.81. The first-order valence-corrected chi connectivity index (χ1v) is 21.5. The van der Waals surface area contributed by atoms with E-state index in [1.807, 2.05) is 0 Å². The Morgan fingerprint density at radius 1 is 0.686 bits per heavy atom. The number of carboxylic acid groups (broad SMARTS) is 2. The molecule has 4 amide bonds. The van der Waals surface area contributed by atoms with Gasteiger partial charge in [-0.3, -0.25) is 35.8 Å². The van der Waals surface area contributed by atoms with Gasteiger partial charge in [-0.2, -0.15) is 0 Å². The van der Waals surface area contributed by atoms with Gasteiger partial charge in [0, 0.05) is 32.5 Å². The highest BCUT2D eigenvalue weighted by Gasteiger charge is 2.47. The average Bonchev–Trinajstić information content (AvgIpc) is 3.30. The fourth-order valence-electron chi connectivity index (χ4n) is 6.81. The van der Waals surface area contributed by atoms with Gasteiger partial charge < -0.3 is 93.0 Å². The molecule has 0 aromatic heterocycles. The van der Waals surface area contributed by atoms with E-state index in [0.717, 1.165) is 19.1 Å². The molecule has 2 aliphatic rings. The fraction of sp³-hybridized carbons (Fsp3) is 0.550. The molecule has 2 aliphatic heterocycles. The van der Waals surface area contributed by atoms with Crippen LogP contribution in [0.1, 0.15) is 37.0 Å². The summed E-state index contributed by atoms with van der Waals surface area (Å²) in [6, 6.07) is 1.67. The highest BCUT2D eigenvalue weighted by molar-refractivity contribution is 5.94. The van der Waals surface area contributed by atoms with E-state index >= 15 is 0 Å². The molecule has 0 spiro atoms. The maximum absolute atomic E-state index is 12.8. The third-order valence-electron chi connectivity index (χ3n) is 9.91. The molecule has 0 fully saturated rings. The van der Waals surface area contributed by atoms with E-state index in [1.54, 1.807) is 24.3 Å². The number of nitrogens with one attached hydrogen (secondary N) is 10. The van der Waals surface area contributed by atoms with Crippen LogP contribution in [-0.4, -0.2) is 192 Å². The SMILES string of the molecule is CC(=O)N[C@@H]1[C@H]([C@H](OC(=O)NCCCNCOc2ccc(C(=O)NCCCNCOO[C@@H]([C@@H]3OC(C(=O)O)=C[C@H](NC(=N)N)[C@H]3NC(C)=O)[C@H](O)CO)cc2)[C@H](O)CO)OC(C(=O)O)=C[C@@H]1NC(=N)N. The first kappa shape index (κ1) is 57.3. The number of aliphatic carboxylic acids is 2. The molecule has 0 radical (unpaired) electrons. The number of carbonyl (C=O) groups is 6. The molecule has 0 bridgehead atoms. The standard InChI is InChI=1S/C40H62N12O18/c1-19(55)49-29-23(51-38(41)42)13-27(36(60)61)67-33(29)31(25(57)15-53)69-40(64)48-12-4-9-45-17-65-22-7-5-21(6-8-22)35(59)47-11-3-10-46-18-66-70-32(26(58)16-54)34-30(50-20(2)56)24(52-39(43)44)14-28(68-34)37(62)63/h5-8,13-14,23-26,29-34,45-46,53-54,57-58H,3-4,9-12,15-18H2,1-2H3,(H,47,59)(H,48,64)(H,49,55)(H,50,56)(H,60,61)(H,62,63)(H4,41,42,51)(H4,43,44,52)/t23-,24-,25+,26+,29-,30+,31+,32+,33+,34+/m0/s1. The van der Waals surface area contributed by atoms with Gasteiger partial charge in [-0.1, -0.05) is 0 Å². The number of hydrogen-bond acceptors (Lipinski definition) is 20. The molecule has 30 nitrogen and oxygen atoms in total. The number of nitrogens with two attached hydrogens (primary N) is 2. The van der Waals surface area contributed by atoms with Gasteiger partial charge in [0.2, 0.25) is 23.3 Å². The highest BCUT2D eigenvalue weighted by Crippen LogP contribution is 2.27. The zero-order valence-electron chi connectivity index (χ0n) is 38.0. The summed E-state index contributed by atoms with van der Waals surface area (Å²) in [6.45, 7) is 1.28. The van der Waals surface area contributed by atoms with Crippen LogP contribution in [0.2, 0.25) is 0 Å². The largest absolute Gasteiger partial charge is 0.478 e. The van der Waals surface area contributed by atoms with E-state index in [9.17, 15) is 59.4 Å². The van der Waals surface area contributed by atoms with Gasteiger partial charge >= 0.3 is 18.0 Å². The summed E-state index contributed by atoms with van der Waals surface area (Å²) in [5.74, 6) is -6.52. The van der Waals surface area contributed by atoms with Crippen LogP contribution in [0.25, 0.3) is 0 Å². The average molecular weight is 999 g/mol. The van der Waals surface area contributed by atoms with Crippen LogP contribution >= 0.6 is 0 Å². The molecule has 30 heteroatoms. The molecule has 1 aromatic rings. The zero-order valence-corrected chi connectivity index (χ0v) is 38.0. The summed E-state index contributed by atoms with van der Waals surface area (Å²) in [4.78, 5) is 83.5. The number of amides is 4. The molecule has 2 heterocycles. The summed E-state index contributed by atoms with van der Waals surface area (Å²) in [5, 5.41) is 96.0. The number of alkyl carbamates (subject to hydrolysis) is 1. The first-order chi connectivity index (χ1) is 33.2. The van der Waals surface area contributed by atoms with Crippen LogP contribution in [0.15, 0.2) is 47.9 Å². The second-order valence-corrected chi connectivity index (χ2v) is 15.4. The Morgan fingerprint density at radius 3 is 1.63 bits per heavy atom. The summed E-state index contributed by atoms with van der Waals surface area (Å²) < 4.78 is 22.0. The number of benzene rings is 1. The van der Waals surface area contributed by atoms with Crippen LogP contribution < -0.4 is 58.7 Å². The summed E-state index contributed by atoms with van der Waals surface area (Å²) in [5.41, 5.74) is 11.2. The molecule has 20 N–H and O–H groups in total. The normalized spacial score (nSPS) is 21.2. The van der Waals surface area contributed by atoms with E-state index < -0.39 is 127 Å². The number of hydrogen-bond donors (Lipinski definition) is 18. The lowest BCUT2D eigenvalue weighted by Gasteiger charge is -2.41. The van der Waals surface area contributed by atoms with Crippen molar-refractivity contribution in [1.29, 1.82) is 10.8 Å². The van der Waals surface area contributed by atoms with Gasteiger partial charge in [-0.15, -0.1) is 0 Å². The van der Waals surface area contributed by atoms with Crippen LogP contribution in [0.5, 0.6) is 5.75 Å². The van der Waals surface area contributed by atoms with E-state index in [0.29, 0.717) is 37.2 Å². The van der Waals surface area contributed by atoms with Gasteiger partial charge in [-0.05, 0) is 62.3 Å². The molecule has 10 atom stereocenters. The quantitative estimate of drug-likeness (QED) is 0.00888. The van der Waals surface area contributed by atoms with Gasteiger partial charge in [0.05, 0.1) is 37.4 Å². The van der Waals surface area contributed by atoms with Crippen molar-refractivity contribution in [3.63, 3.8) is 0 Å². The number of carboxylic acids is 2. The van der Waals surface area contributed by atoms with Gasteiger partial charge in [0.25, 0.3) is 5.91 Å². The molecule has 0 unspecified atom stereocenters. The molecule has 0 saturated heterocycles. The van der Waals surface area contributed by atoms with Crippen molar-refractivity contribution in [1.82, 2.24) is 42.5 Å². The van der Waals surface area contributed by atoms with E-state index in [-0.39, 0.29) is 32.5 Å². The Labute approximate surface area is 399 Å². The van der Waals surface area contributed by atoms with Crippen molar-refractivity contribution in [2.45, 2.75) is 87.5 Å². The minimum absolute atomic E-state index is 0.0532. The van der Waals surface area contributed by atoms with Crippen LogP contribution in [-0.2, 0) is 43.2 Å². The monoisotopic (exact) mass is 998 g/mol. The van der Waals surface area contributed by atoms with Crippen molar-refractivity contribution >= 4 is 47.7 Å². The number of ether oxygens (including phenoxy) is 4. The Morgan fingerprint density at radius 2 is 1.16 bits per heavy atom. The number of aliphatic hydroxyl groups is 4. The highest BCUT2D eigenvalue weighted by atomic mass is 17.2. The smallest absolute Gasteiger partial charge is 0.407 e. The minimum Gasteiger partial charge on any atom is -0.478 e. The van der Waals surface area contributed by atoms with Crippen LogP contribution in [0.4, 0.5) is 4.79 Å². The lowest BCUT2D eigenvalue weighted by Crippen LogP contribution is -2.65. The predicted molar refractivity (Wildman–Crippen MR) is 239 cm³/mol. The van der Waals surface area contributed by atoms with Crippen molar-refractivity contribution in [3.05, 3.63) is 53.5 Å². The number of aliphatic hydroxyl groups excluding tert-OH is 4. The van der Waals surface area contributed by atoms with Crippen molar-refractivity contribution in [2.75, 3.05) is 52.9 Å². The van der Waals surface area contributed by atoms with E-state index in [4.69, 9.17) is 51.0 Å². The second kappa shape index (κ2) is 29.1. The van der Waals surface area contributed by atoms with Crippen molar-refractivity contribution in [3.8, 4) is 5.75 Å². The molecule has 0 aliphatic carbocycles. The molecule has 70 heavy (non-hydrogen) atoms. The topological polar surface area (TPSA) is 475 Å². The maximum atomic E-state index is 12.8. The third-order valence-corrected chi connectivity index (χ3v) is 9.91. The number of guanidine groups is 2. The third kappa shape index (κ3) is 18.8. The second-order valence-electron chi connectivity index (χ2n) is 15.4. The zero-order chi connectivity index (χ0) is 51.9. The molecular weight excluding hydrogens is 937 g/mol. The molecular formula is C40H62N12O18. The van der Waals surface area contributed by atoms with Crippen molar-refractivity contribution in [2.24, 2.45) is 11.5 Å². The lowest BCUT2D eigenvalue weighted by molar-refractivity contribution is -0.359. The first-order valence-electron chi connectivity index (χ1n) is 21.5. The summed E-state index contributed by atoms with van der Waals surface area (Å²) in [6.07, 6.45) is -7.87. The molecule has 3 rings (SSSR count). The summed E-state index contributed by atoms with van der Waals surface area (Å²) >= 11 is 0. The summed E-state index contributed by atoms with van der Waals surface area (Å²) in [7, 11) is 0. The van der Waals surface area contributed by atoms with E-state index in [1.165, 1.54) is 6.92 Å². The Kier molecular flexibility index (Phi) is 23.8. The Bertz CT molecular complexity index is 2010. The minimum atomic E-state index is -1.79. The maximum Gasteiger partial charge on any atom is 0.407 e. The van der Waals surface area contributed by atoms with E-state index in [2.05, 4.69) is 42.5 Å². The Hall–Kier alpha value is -7.06. The number of rotatable bonds is 29. The Balaban J connectivity index is 1.37. The van der Waals surface area contributed by atoms with Gasteiger partial charge in [0.15, 0.2) is 36.3 Å². The van der Waals surface area contributed by atoms with Crippen LogP contribution in [0.3, 0.4) is 0 Å².